The number of thioether (sulfide) groups is 2. The monoisotopic (exact) mass is 309 g/mol. The lowest BCUT2D eigenvalue weighted by molar-refractivity contribution is 0.626. The Morgan fingerprint density at radius 2 is 1.90 bits per heavy atom. The third-order valence-corrected chi connectivity index (χ3v) is 4.85. The minimum atomic E-state index is -0.197. The van der Waals surface area contributed by atoms with Crippen molar-refractivity contribution in [2.45, 2.75) is 23.5 Å². The van der Waals surface area contributed by atoms with Gasteiger partial charge in [-0.1, -0.05) is 17.8 Å². The van der Waals surface area contributed by atoms with Crippen LogP contribution in [-0.2, 0) is 6.54 Å². The fourth-order valence-corrected chi connectivity index (χ4v) is 3.51. The second kappa shape index (κ2) is 7.50. The van der Waals surface area contributed by atoms with Gasteiger partial charge in [0, 0.05) is 22.9 Å². The van der Waals surface area contributed by atoms with E-state index in [9.17, 15) is 4.39 Å². The predicted molar refractivity (Wildman–Crippen MR) is 82.8 cm³/mol. The summed E-state index contributed by atoms with van der Waals surface area (Å²) in [5.74, 6) is 2.57. The smallest absolute Gasteiger partial charge is 0.191 e. The van der Waals surface area contributed by atoms with Crippen molar-refractivity contribution >= 4 is 23.5 Å². The second-order valence-electron chi connectivity index (χ2n) is 4.08. The quantitative estimate of drug-likeness (QED) is 0.442. The molecular formula is C14H16FN3S2. The van der Waals surface area contributed by atoms with Crippen LogP contribution in [0.2, 0.25) is 0 Å². The normalized spacial score (nSPS) is 10.7. The summed E-state index contributed by atoms with van der Waals surface area (Å²) >= 11 is 3.39. The molecule has 0 aliphatic carbocycles. The molecule has 0 saturated heterocycles. The lowest BCUT2D eigenvalue weighted by Crippen LogP contribution is -2.00. The molecule has 1 aromatic carbocycles. The topological polar surface area (TPSA) is 30.7 Å². The molecule has 0 radical (unpaired) electrons. The van der Waals surface area contributed by atoms with E-state index in [0.29, 0.717) is 0 Å². The summed E-state index contributed by atoms with van der Waals surface area (Å²) in [7, 11) is 0. The Bertz CT molecular complexity index is 566. The number of hydrogen-bond donors (Lipinski definition) is 0. The molecule has 0 aliphatic heterocycles. The Morgan fingerprint density at radius 3 is 2.60 bits per heavy atom. The molecule has 0 atom stereocenters. The molecule has 106 valence electrons. The zero-order valence-corrected chi connectivity index (χ0v) is 12.9. The number of aryl methyl sites for hydroxylation is 1. The van der Waals surface area contributed by atoms with Crippen LogP contribution in [0.25, 0.3) is 0 Å². The first-order chi connectivity index (χ1) is 9.70. The van der Waals surface area contributed by atoms with Crippen LogP contribution in [0, 0.1) is 12.7 Å². The highest BCUT2D eigenvalue weighted by Gasteiger charge is 2.07. The predicted octanol–water partition coefficient (Wildman–Crippen LogP) is 3.80. The first kappa shape index (κ1) is 15.1. The van der Waals surface area contributed by atoms with E-state index in [2.05, 4.69) is 16.8 Å². The van der Waals surface area contributed by atoms with Crippen LogP contribution in [0.1, 0.15) is 5.82 Å². The van der Waals surface area contributed by atoms with Crippen molar-refractivity contribution in [1.82, 2.24) is 14.8 Å². The first-order valence-corrected chi connectivity index (χ1v) is 8.19. The van der Waals surface area contributed by atoms with Gasteiger partial charge in [-0.25, -0.2) is 4.39 Å². The van der Waals surface area contributed by atoms with E-state index in [4.69, 9.17) is 0 Å². The summed E-state index contributed by atoms with van der Waals surface area (Å²) in [4.78, 5) is 1.08. The van der Waals surface area contributed by atoms with Crippen molar-refractivity contribution in [3.63, 3.8) is 0 Å². The van der Waals surface area contributed by atoms with Crippen LogP contribution in [0.4, 0.5) is 4.39 Å². The molecule has 3 nitrogen and oxygen atoms in total. The van der Waals surface area contributed by atoms with Gasteiger partial charge in [0.05, 0.1) is 0 Å². The van der Waals surface area contributed by atoms with E-state index in [1.165, 1.54) is 12.1 Å². The van der Waals surface area contributed by atoms with Gasteiger partial charge in [0.15, 0.2) is 5.16 Å². The van der Waals surface area contributed by atoms with Crippen molar-refractivity contribution in [2.24, 2.45) is 0 Å². The maximum absolute atomic E-state index is 12.8. The maximum Gasteiger partial charge on any atom is 0.191 e. The summed E-state index contributed by atoms with van der Waals surface area (Å²) in [5, 5.41) is 9.16. The lowest BCUT2D eigenvalue weighted by Gasteiger charge is -2.05. The van der Waals surface area contributed by atoms with Crippen molar-refractivity contribution in [3.05, 3.63) is 48.6 Å². The molecule has 6 heteroatoms. The molecule has 1 aromatic heterocycles. The fraction of sp³-hybridized carbons (Fsp3) is 0.286. The van der Waals surface area contributed by atoms with Crippen molar-refractivity contribution in [1.29, 1.82) is 0 Å². The highest BCUT2D eigenvalue weighted by Crippen LogP contribution is 2.22. The van der Waals surface area contributed by atoms with E-state index in [1.807, 2.05) is 17.6 Å². The van der Waals surface area contributed by atoms with E-state index in [-0.39, 0.29) is 5.82 Å². The molecule has 1 heterocycles. The Morgan fingerprint density at radius 1 is 1.20 bits per heavy atom. The number of allylic oxidation sites excluding steroid dienone is 1. The minimum Gasteiger partial charge on any atom is -0.302 e. The Balaban J connectivity index is 1.81. The van der Waals surface area contributed by atoms with E-state index in [0.717, 1.165) is 33.9 Å². The Kier molecular flexibility index (Phi) is 5.67. The highest BCUT2D eigenvalue weighted by molar-refractivity contribution is 8.02. The zero-order chi connectivity index (χ0) is 14.4. The van der Waals surface area contributed by atoms with Gasteiger partial charge in [-0.3, -0.25) is 0 Å². The van der Waals surface area contributed by atoms with Gasteiger partial charge in [0.25, 0.3) is 0 Å². The van der Waals surface area contributed by atoms with Crippen LogP contribution >= 0.6 is 23.5 Å². The molecule has 2 rings (SSSR count). The van der Waals surface area contributed by atoms with Crippen molar-refractivity contribution in [2.75, 3.05) is 11.5 Å². The third kappa shape index (κ3) is 4.11. The molecule has 20 heavy (non-hydrogen) atoms. The SMILES string of the molecule is C=CCn1c(C)nnc1SCCSc1ccc(F)cc1. The highest BCUT2D eigenvalue weighted by atomic mass is 32.2. The van der Waals surface area contributed by atoms with Crippen molar-refractivity contribution < 1.29 is 4.39 Å². The van der Waals surface area contributed by atoms with Crippen LogP contribution in [0.15, 0.2) is 47.0 Å². The van der Waals surface area contributed by atoms with Crippen LogP contribution in [0.5, 0.6) is 0 Å². The summed E-state index contributed by atoms with van der Waals surface area (Å²) in [6.45, 7) is 6.41. The Hall–Kier alpha value is -1.27. The number of hydrogen-bond acceptors (Lipinski definition) is 4. The number of halogens is 1. The van der Waals surface area contributed by atoms with Crippen LogP contribution < -0.4 is 0 Å². The van der Waals surface area contributed by atoms with Gasteiger partial charge in [0.2, 0.25) is 0 Å². The Labute approximate surface area is 126 Å². The summed E-state index contributed by atoms with van der Waals surface area (Å²) in [5.41, 5.74) is 0. The van der Waals surface area contributed by atoms with Gasteiger partial charge >= 0.3 is 0 Å². The minimum absolute atomic E-state index is 0.197. The average Bonchev–Trinajstić information content (AvgIpc) is 2.79. The molecule has 0 saturated carbocycles. The first-order valence-electron chi connectivity index (χ1n) is 6.22. The summed E-state index contributed by atoms with van der Waals surface area (Å²) in [6.07, 6.45) is 1.84. The van der Waals surface area contributed by atoms with Crippen LogP contribution in [0.3, 0.4) is 0 Å². The summed E-state index contributed by atoms with van der Waals surface area (Å²) < 4.78 is 14.8. The number of benzene rings is 1. The molecule has 0 fully saturated rings. The lowest BCUT2D eigenvalue weighted by atomic mass is 10.4. The molecule has 0 N–H and O–H groups in total. The number of rotatable bonds is 7. The van der Waals surface area contributed by atoms with E-state index in [1.54, 1.807) is 35.7 Å². The molecule has 0 unspecified atom stereocenters. The van der Waals surface area contributed by atoms with Gasteiger partial charge in [-0.05, 0) is 31.2 Å². The summed E-state index contributed by atoms with van der Waals surface area (Å²) in [6, 6.07) is 6.57. The van der Waals surface area contributed by atoms with Gasteiger partial charge in [-0.2, -0.15) is 0 Å². The second-order valence-corrected chi connectivity index (χ2v) is 6.31. The van der Waals surface area contributed by atoms with Crippen molar-refractivity contribution in [3.8, 4) is 0 Å². The maximum atomic E-state index is 12.8. The fourth-order valence-electron chi connectivity index (χ4n) is 1.63. The average molecular weight is 309 g/mol. The third-order valence-electron chi connectivity index (χ3n) is 2.61. The number of aromatic nitrogens is 3. The molecule has 0 bridgehead atoms. The molecular weight excluding hydrogens is 293 g/mol. The number of nitrogens with zero attached hydrogens (tertiary/aromatic N) is 3. The van der Waals surface area contributed by atoms with Gasteiger partial charge in [-0.15, -0.1) is 28.5 Å². The van der Waals surface area contributed by atoms with Crippen LogP contribution in [-0.4, -0.2) is 26.3 Å². The standard InChI is InChI=1S/C14H16FN3S2/c1-3-8-18-11(2)16-17-14(18)20-10-9-19-13-6-4-12(15)5-7-13/h3-7H,1,8-10H2,2H3. The largest absolute Gasteiger partial charge is 0.302 e. The van der Waals surface area contributed by atoms with Gasteiger partial charge < -0.3 is 4.57 Å². The molecule has 0 spiro atoms. The molecule has 0 aliphatic rings. The zero-order valence-electron chi connectivity index (χ0n) is 11.3. The van der Waals surface area contributed by atoms with E-state index >= 15 is 0 Å². The molecule has 0 amide bonds. The van der Waals surface area contributed by atoms with Gasteiger partial charge in [0.1, 0.15) is 11.6 Å². The molecule has 2 aromatic rings. The van der Waals surface area contributed by atoms with E-state index < -0.39 is 0 Å².